The summed E-state index contributed by atoms with van der Waals surface area (Å²) in [5.41, 5.74) is 7.37. The van der Waals surface area contributed by atoms with Crippen LogP contribution in [-0.2, 0) is 0 Å². The van der Waals surface area contributed by atoms with Gasteiger partial charge in [-0.3, -0.25) is 4.98 Å². The molecule has 0 aliphatic heterocycles. The summed E-state index contributed by atoms with van der Waals surface area (Å²) in [5, 5.41) is 2.63. The number of thiophene rings is 1. The van der Waals surface area contributed by atoms with Crippen LogP contribution in [0.2, 0.25) is 0 Å². The number of aromatic nitrogens is 1. The molecule has 2 heterocycles. The SMILES string of the molecule is CC(c1ccccc1)c1ccnc(-c2ccc(-c3ccccc3)c3c2sc2ccccc23)c1. The van der Waals surface area contributed by atoms with Gasteiger partial charge in [-0.15, -0.1) is 11.3 Å². The first-order valence-corrected chi connectivity index (χ1v) is 12.1. The molecule has 0 bridgehead atoms. The van der Waals surface area contributed by atoms with Crippen molar-refractivity contribution in [1.82, 2.24) is 4.98 Å². The third-order valence-corrected chi connectivity index (χ3v) is 7.67. The summed E-state index contributed by atoms with van der Waals surface area (Å²) in [6.07, 6.45) is 1.95. The van der Waals surface area contributed by atoms with E-state index in [1.165, 1.54) is 48.0 Å². The van der Waals surface area contributed by atoms with E-state index in [1.807, 2.05) is 17.5 Å². The van der Waals surface area contributed by atoms with Crippen molar-refractivity contribution in [3.63, 3.8) is 0 Å². The molecule has 1 unspecified atom stereocenters. The van der Waals surface area contributed by atoms with E-state index in [4.69, 9.17) is 4.98 Å². The fourth-order valence-electron chi connectivity index (χ4n) is 4.69. The maximum absolute atomic E-state index is 4.82. The molecule has 0 saturated carbocycles. The highest BCUT2D eigenvalue weighted by molar-refractivity contribution is 7.26. The Morgan fingerprint density at radius 1 is 0.667 bits per heavy atom. The van der Waals surface area contributed by atoms with Gasteiger partial charge < -0.3 is 0 Å². The molecule has 0 radical (unpaired) electrons. The van der Waals surface area contributed by atoms with Gasteiger partial charge in [0.05, 0.1) is 5.69 Å². The second-order valence-electron chi connectivity index (χ2n) is 8.44. The van der Waals surface area contributed by atoms with E-state index in [0.29, 0.717) is 5.92 Å². The maximum Gasteiger partial charge on any atom is 0.0719 e. The van der Waals surface area contributed by atoms with E-state index in [2.05, 4.69) is 116 Å². The number of rotatable bonds is 4. The summed E-state index contributed by atoms with van der Waals surface area (Å²) in [6.45, 7) is 2.27. The van der Waals surface area contributed by atoms with Gasteiger partial charge in [-0.2, -0.15) is 0 Å². The molecule has 2 heteroatoms. The third-order valence-electron chi connectivity index (χ3n) is 6.47. The van der Waals surface area contributed by atoms with Crippen molar-refractivity contribution in [2.24, 2.45) is 0 Å². The molecule has 0 N–H and O–H groups in total. The zero-order valence-corrected chi connectivity index (χ0v) is 19.2. The van der Waals surface area contributed by atoms with Gasteiger partial charge in [-0.05, 0) is 40.5 Å². The number of hydrogen-bond donors (Lipinski definition) is 0. The summed E-state index contributed by atoms with van der Waals surface area (Å²) in [5.74, 6) is 0.314. The molecule has 2 aromatic heterocycles. The van der Waals surface area contributed by atoms with Gasteiger partial charge in [0.2, 0.25) is 0 Å². The van der Waals surface area contributed by atoms with Crippen molar-refractivity contribution in [2.45, 2.75) is 12.8 Å². The van der Waals surface area contributed by atoms with Crippen molar-refractivity contribution in [3.8, 4) is 22.4 Å². The summed E-state index contributed by atoms with van der Waals surface area (Å²) in [4.78, 5) is 4.82. The zero-order valence-electron chi connectivity index (χ0n) is 18.4. The van der Waals surface area contributed by atoms with E-state index >= 15 is 0 Å². The Bertz CT molecular complexity index is 1570. The molecule has 0 aliphatic rings. The van der Waals surface area contributed by atoms with Gasteiger partial charge in [0.25, 0.3) is 0 Å². The Morgan fingerprint density at radius 2 is 1.36 bits per heavy atom. The lowest BCUT2D eigenvalue weighted by atomic mass is 9.92. The Kier molecular flexibility index (Phi) is 5.01. The molecular weight excluding hydrogens is 418 g/mol. The highest BCUT2D eigenvalue weighted by atomic mass is 32.1. The van der Waals surface area contributed by atoms with E-state index in [1.54, 1.807) is 0 Å². The van der Waals surface area contributed by atoms with Gasteiger partial charge >= 0.3 is 0 Å². The highest BCUT2D eigenvalue weighted by Gasteiger charge is 2.17. The lowest BCUT2D eigenvalue weighted by Gasteiger charge is -2.14. The van der Waals surface area contributed by atoms with Crippen molar-refractivity contribution >= 4 is 31.5 Å². The van der Waals surface area contributed by atoms with Crippen LogP contribution in [0.15, 0.2) is 115 Å². The lowest BCUT2D eigenvalue weighted by molar-refractivity contribution is 0.918. The van der Waals surface area contributed by atoms with Crippen molar-refractivity contribution in [3.05, 3.63) is 127 Å². The molecule has 0 amide bonds. The maximum atomic E-state index is 4.82. The zero-order chi connectivity index (χ0) is 22.2. The number of benzene rings is 4. The van der Waals surface area contributed by atoms with E-state index in [0.717, 1.165) is 5.69 Å². The molecule has 0 fully saturated rings. The third kappa shape index (κ3) is 3.53. The Morgan fingerprint density at radius 3 is 2.18 bits per heavy atom. The predicted molar refractivity (Wildman–Crippen MR) is 142 cm³/mol. The molecule has 158 valence electrons. The highest BCUT2D eigenvalue weighted by Crippen LogP contribution is 2.44. The number of fused-ring (bicyclic) bond motifs is 3. The molecule has 6 rings (SSSR count). The van der Waals surface area contributed by atoms with Crippen LogP contribution in [-0.4, -0.2) is 4.98 Å². The minimum Gasteiger partial charge on any atom is -0.256 e. The Hall–Kier alpha value is -3.75. The van der Waals surface area contributed by atoms with E-state index < -0.39 is 0 Å². The summed E-state index contributed by atoms with van der Waals surface area (Å²) < 4.78 is 2.61. The molecular formula is C31H23NS. The van der Waals surface area contributed by atoms with Gasteiger partial charge in [0.15, 0.2) is 0 Å². The van der Waals surface area contributed by atoms with Crippen LogP contribution in [0.1, 0.15) is 24.0 Å². The minimum absolute atomic E-state index is 0.314. The summed E-state index contributed by atoms with van der Waals surface area (Å²) in [6, 6.07) is 39.0. The largest absolute Gasteiger partial charge is 0.256 e. The minimum atomic E-state index is 0.314. The molecule has 4 aromatic carbocycles. The monoisotopic (exact) mass is 441 g/mol. The first-order valence-electron chi connectivity index (χ1n) is 11.3. The van der Waals surface area contributed by atoms with Crippen LogP contribution in [0, 0.1) is 0 Å². The number of hydrogen-bond acceptors (Lipinski definition) is 2. The average molecular weight is 442 g/mol. The predicted octanol–water partition coefficient (Wildman–Crippen LogP) is 8.94. The lowest BCUT2D eigenvalue weighted by Crippen LogP contribution is -1.97. The quantitative estimate of drug-likeness (QED) is 0.266. The topological polar surface area (TPSA) is 12.9 Å². The van der Waals surface area contributed by atoms with Crippen LogP contribution >= 0.6 is 11.3 Å². The van der Waals surface area contributed by atoms with Gasteiger partial charge in [0, 0.05) is 37.9 Å². The standard InChI is InChI=1S/C31H23NS/c1-21(22-10-4-2-5-11-22)24-18-19-32-28(20-24)26-17-16-25(23-12-6-3-7-13-23)30-27-14-8-9-15-29(27)33-31(26)30/h2-21H,1H3. The first kappa shape index (κ1) is 19.9. The summed E-state index contributed by atoms with van der Waals surface area (Å²) >= 11 is 1.86. The normalized spacial score (nSPS) is 12.3. The molecule has 1 nitrogen and oxygen atoms in total. The van der Waals surface area contributed by atoms with E-state index in [-0.39, 0.29) is 0 Å². The number of pyridine rings is 1. The number of nitrogens with zero attached hydrogens (tertiary/aromatic N) is 1. The molecule has 0 saturated heterocycles. The molecule has 33 heavy (non-hydrogen) atoms. The van der Waals surface area contributed by atoms with Crippen LogP contribution in [0.25, 0.3) is 42.6 Å². The van der Waals surface area contributed by atoms with Gasteiger partial charge in [-0.25, -0.2) is 0 Å². The van der Waals surface area contributed by atoms with E-state index in [9.17, 15) is 0 Å². The van der Waals surface area contributed by atoms with Crippen molar-refractivity contribution < 1.29 is 0 Å². The molecule has 1 atom stereocenters. The van der Waals surface area contributed by atoms with Crippen molar-refractivity contribution in [1.29, 1.82) is 0 Å². The molecule has 0 spiro atoms. The van der Waals surface area contributed by atoms with Crippen molar-refractivity contribution in [2.75, 3.05) is 0 Å². The fraction of sp³-hybridized carbons (Fsp3) is 0.0645. The van der Waals surface area contributed by atoms with Crippen LogP contribution in [0.3, 0.4) is 0 Å². The molecule has 0 aliphatic carbocycles. The van der Waals surface area contributed by atoms with Gasteiger partial charge in [0.1, 0.15) is 0 Å². The van der Waals surface area contributed by atoms with Crippen LogP contribution in [0.4, 0.5) is 0 Å². The second-order valence-corrected chi connectivity index (χ2v) is 9.49. The van der Waals surface area contributed by atoms with Crippen LogP contribution in [0.5, 0.6) is 0 Å². The van der Waals surface area contributed by atoms with Gasteiger partial charge in [-0.1, -0.05) is 97.9 Å². The fourth-order valence-corrected chi connectivity index (χ4v) is 5.94. The average Bonchev–Trinajstić information content (AvgIpc) is 3.28. The van der Waals surface area contributed by atoms with Crippen LogP contribution < -0.4 is 0 Å². The smallest absolute Gasteiger partial charge is 0.0719 e. The first-order chi connectivity index (χ1) is 16.3. The Labute approximate surface area is 198 Å². The molecule has 6 aromatic rings. The Balaban J connectivity index is 1.56. The second kappa shape index (κ2) is 8.31. The summed E-state index contributed by atoms with van der Waals surface area (Å²) in [7, 11) is 0.